The quantitative estimate of drug-likeness (QED) is 0.894. The first kappa shape index (κ1) is 12.4. The zero-order chi connectivity index (χ0) is 13.1. The molecule has 0 aromatic heterocycles. The van der Waals surface area contributed by atoms with Crippen LogP contribution < -0.4 is 4.74 Å². The van der Waals surface area contributed by atoms with Crippen molar-refractivity contribution in [3.63, 3.8) is 0 Å². The molecule has 2 aromatic carbocycles. The van der Waals surface area contributed by atoms with E-state index in [0.717, 1.165) is 11.1 Å². The summed E-state index contributed by atoms with van der Waals surface area (Å²) >= 11 is 0. The lowest BCUT2D eigenvalue weighted by Gasteiger charge is -2.11. The molecule has 94 valence electrons. The standard InChI is InChI=1S/C15H15FO2/c1-10-6-7-13(16)8-12(10)9-18-15-5-3-4-14(17)11(15)2/h3-8,17H,9H2,1-2H3. The zero-order valence-electron chi connectivity index (χ0n) is 10.4. The van der Waals surface area contributed by atoms with E-state index in [-0.39, 0.29) is 18.2 Å². The molecule has 18 heavy (non-hydrogen) atoms. The molecule has 0 spiro atoms. The summed E-state index contributed by atoms with van der Waals surface area (Å²) in [5, 5.41) is 9.56. The molecule has 0 aliphatic carbocycles. The average Bonchev–Trinajstić information content (AvgIpc) is 2.35. The molecule has 0 radical (unpaired) electrons. The molecule has 0 bridgehead atoms. The van der Waals surface area contributed by atoms with Gasteiger partial charge in [-0.15, -0.1) is 0 Å². The summed E-state index contributed by atoms with van der Waals surface area (Å²) in [6.07, 6.45) is 0. The highest BCUT2D eigenvalue weighted by atomic mass is 19.1. The number of benzene rings is 2. The lowest BCUT2D eigenvalue weighted by atomic mass is 10.1. The van der Waals surface area contributed by atoms with Crippen molar-refractivity contribution in [3.05, 3.63) is 58.9 Å². The fourth-order valence-corrected chi connectivity index (χ4v) is 1.71. The first-order chi connectivity index (χ1) is 8.58. The van der Waals surface area contributed by atoms with E-state index < -0.39 is 0 Å². The Balaban J connectivity index is 2.16. The topological polar surface area (TPSA) is 29.5 Å². The number of aryl methyl sites for hydroxylation is 1. The predicted octanol–water partition coefficient (Wildman–Crippen LogP) is 3.73. The fourth-order valence-electron chi connectivity index (χ4n) is 1.71. The minimum atomic E-state index is -0.271. The van der Waals surface area contributed by atoms with Crippen molar-refractivity contribution in [1.29, 1.82) is 0 Å². The Hall–Kier alpha value is -2.03. The van der Waals surface area contributed by atoms with Gasteiger partial charge in [0.15, 0.2) is 0 Å². The molecule has 0 aliphatic heterocycles. The highest BCUT2D eigenvalue weighted by molar-refractivity contribution is 5.42. The summed E-state index contributed by atoms with van der Waals surface area (Å²) in [7, 11) is 0. The summed E-state index contributed by atoms with van der Waals surface area (Å²) < 4.78 is 18.7. The maximum Gasteiger partial charge on any atom is 0.126 e. The summed E-state index contributed by atoms with van der Waals surface area (Å²) in [6, 6.07) is 9.73. The number of ether oxygens (including phenoxy) is 1. The van der Waals surface area contributed by atoms with Gasteiger partial charge in [-0.25, -0.2) is 4.39 Å². The molecule has 0 aliphatic rings. The first-order valence-corrected chi connectivity index (χ1v) is 5.74. The van der Waals surface area contributed by atoms with Crippen molar-refractivity contribution in [2.75, 3.05) is 0 Å². The summed E-state index contributed by atoms with van der Waals surface area (Å²) in [5.41, 5.74) is 2.47. The van der Waals surface area contributed by atoms with Crippen molar-refractivity contribution < 1.29 is 14.2 Å². The van der Waals surface area contributed by atoms with Gasteiger partial charge < -0.3 is 9.84 Å². The highest BCUT2D eigenvalue weighted by Crippen LogP contribution is 2.27. The number of phenolic OH excluding ortho intramolecular Hbond substituents is 1. The van der Waals surface area contributed by atoms with E-state index in [4.69, 9.17) is 4.74 Å². The normalized spacial score (nSPS) is 10.4. The van der Waals surface area contributed by atoms with Gasteiger partial charge in [0.1, 0.15) is 23.9 Å². The molecule has 1 N–H and O–H groups in total. The fraction of sp³-hybridized carbons (Fsp3) is 0.200. The Morgan fingerprint density at radius 3 is 2.72 bits per heavy atom. The molecule has 0 saturated carbocycles. The van der Waals surface area contributed by atoms with Crippen LogP contribution in [0.4, 0.5) is 4.39 Å². The van der Waals surface area contributed by atoms with Crippen LogP contribution in [0, 0.1) is 19.7 Å². The van der Waals surface area contributed by atoms with Gasteiger partial charge in [-0.1, -0.05) is 12.1 Å². The third-order valence-corrected chi connectivity index (χ3v) is 2.95. The van der Waals surface area contributed by atoms with E-state index in [1.807, 2.05) is 6.92 Å². The van der Waals surface area contributed by atoms with Crippen LogP contribution in [0.1, 0.15) is 16.7 Å². The second-order valence-electron chi connectivity index (χ2n) is 4.26. The molecule has 2 nitrogen and oxygen atoms in total. The third-order valence-electron chi connectivity index (χ3n) is 2.95. The number of hydrogen-bond acceptors (Lipinski definition) is 2. The van der Waals surface area contributed by atoms with E-state index in [9.17, 15) is 9.50 Å². The van der Waals surface area contributed by atoms with Gasteiger partial charge >= 0.3 is 0 Å². The zero-order valence-corrected chi connectivity index (χ0v) is 10.4. The highest BCUT2D eigenvalue weighted by Gasteiger charge is 2.06. The van der Waals surface area contributed by atoms with Crippen molar-refractivity contribution >= 4 is 0 Å². The maximum atomic E-state index is 13.1. The van der Waals surface area contributed by atoms with Gasteiger partial charge in [-0.2, -0.15) is 0 Å². The van der Waals surface area contributed by atoms with Gasteiger partial charge in [0, 0.05) is 5.56 Å². The van der Waals surface area contributed by atoms with Crippen molar-refractivity contribution in [3.8, 4) is 11.5 Å². The molecule has 0 fully saturated rings. The van der Waals surface area contributed by atoms with Crippen LogP contribution in [-0.2, 0) is 6.61 Å². The number of hydrogen-bond donors (Lipinski definition) is 1. The molecule has 0 saturated heterocycles. The molecule has 2 rings (SSSR count). The first-order valence-electron chi connectivity index (χ1n) is 5.74. The van der Waals surface area contributed by atoms with Crippen LogP contribution in [0.25, 0.3) is 0 Å². The maximum absolute atomic E-state index is 13.1. The minimum Gasteiger partial charge on any atom is -0.508 e. The van der Waals surface area contributed by atoms with Gasteiger partial charge in [0.2, 0.25) is 0 Å². The number of phenols is 1. The molecule has 0 amide bonds. The lowest BCUT2D eigenvalue weighted by molar-refractivity contribution is 0.300. The summed E-state index contributed by atoms with van der Waals surface area (Å²) in [4.78, 5) is 0. The Morgan fingerprint density at radius 1 is 1.17 bits per heavy atom. The van der Waals surface area contributed by atoms with Crippen LogP contribution in [-0.4, -0.2) is 5.11 Å². The second kappa shape index (κ2) is 5.08. The van der Waals surface area contributed by atoms with Crippen LogP contribution in [0.2, 0.25) is 0 Å². The van der Waals surface area contributed by atoms with Crippen LogP contribution in [0.5, 0.6) is 11.5 Å². The van der Waals surface area contributed by atoms with E-state index in [1.54, 1.807) is 31.2 Å². The number of aromatic hydroxyl groups is 1. The molecule has 0 heterocycles. The molecule has 3 heteroatoms. The van der Waals surface area contributed by atoms with E-state index in [1.165, 1.54) is 12.1 Å². The van der Waals surface area contributed by atoms with E-state index in [2.05, 4.69) is 0 Å². The van der Waals surface area contributed by atoms with E-state index >= 15 is 0 Å². The van der Waals surface area contributed by atoms with Gasteiger partial charge in [0.25, 0.3) is 0 Å². The van der Waals surface area contributed by atoms with Gasteiger partial charge in [-0.05, 0) is 49.2 Å². The van der Waals surface area contributed by atoms with E-state index in [0.29, 0.717) is 11.3 Å². The van der Waals surface area contributed by atoms with Crippen LogP contribution in [0.15, 0.2) is 36.4 Å². The lowest BCUT2D eigenvalue weighted by Crippen LogP contribution is -1.99. The predicted molar refractivity (Wildman–Crippen MR) is 68.3 cm³/mol. The van der Waals surface area contributed by atoms with Crippen molar-refractivity contribution in [1.82, 2.24) is 0 Å². The average molecular weight is 246 g/mol. The van der Waals surface area contributed by atoms with Crippen LogP contribution in [0.3, 0.4) is 0 Å². The van der Waals surface area contributed by atoms with Gasteiger partial charge in [0.05, 0.1) is 0 Å². The summed E-state index contributed by atoms with van der Waals surface area (Å²) in [6.45, 7) is 3.98. The third kappa shape index (κ3) is 2.62. The van der Waals surface area contributed by atoms with Crippen molar-refractivity contribution in [2.45, 2.75) is 20.5 Å². The minimum absolute atomic E-state index is 0.198. The molecule has 2 aromatic rings. The smallest absolute Gasteiger partial charge is 0.126 e. The summed E-state index contributed by atoms with van der Waals surface area (Å²) in [5.74, 6) is 0.536. The molecular weight excluding hydrogens is 231 g/mol. The SMILES string of the molecule is Cc1ccc(F)cc1COc1cccc(O)c1C. The number of rotatable bonds is 3. The Labute approximate surface area is 106 Å². The Kier molecular flexibility index (Phi) is 3.51. The molecule has 0 unspecified atom stereocenters. The molecule has 0 atom stereocenters. The molecular formula is C15H15FO2. The Bertz CT molecular complexity index is 562. The number of halogens is 1. The van der Waals surface area contributed by atoms with Gasteiger partial charge in [-0.3, -0.25) is 0 Å². The second-order valence-corrected chi connectivity index (χ2v) is 4.26. The monoisotopic (exact) mass is 246 g/mol. The largest absolute Gasteiger partial charge is 0.508 e. The van der Waals surface area contributed by atoms with Crippen molar-refractivity contribution in [2.24, 2.45) is 0 Å². The Morgan fingerprint density at radius 2 is 1.94 bits per heavy atom. The van der Waals surface area contributed by atoms with Crippen LogP contribution >= 0.6 is 0 Å².